The molecule has 6 heteroatoms. The number of rotatable bonds is 4. The molecule has 27 heavy (non-hydrogen) atoms. The summed E-state index contributed by atoms with van der Waals surface area (Å²) >= 11 is 0. The quantitative estimate of drug-likeness (QED) is 0.646. The van der Waals surface area contributed by atoms with Crippen LogP contribution in [0.2, 0.25) is 0 Å². The zero-order valence-electron chi connectivity index (χ0n) is 15.3. The third kappa shape index (κ3) is 5.17. The molecule has 0 radical (unpaired) electrons. The fourth-order valence-electron chi connectivity index (χ4n) is 3.01. The van der Waals surface area contributed by atoms with E-state index in [9.17, 15) is 9.18 Å². The third-order valence-electron chi connectivity index (χ3n) is 4.40. The molecular weight excluding hydrogens is 343 g/mol. The minimum Gasteiger partial charge on any atom is -0.347 e. The summed E-state index contributed by atoms with van der Waals surface area (Å²) in [5.41, 5.74) is 3.14. The van der Waals surface area contributed by atoms with Gasteiger partial charge >= 0.3 is 0 Å². The van der Waals surface area contributed by atoms with E-state index in [0.29, 0.717) is 11.6 Å². The van der Waals surface area contributed by atoms with Gasteiger partial charge in [0.25, 0.3) is 0 Å². The fraction of sp³-hybridized carbons (Fsp3) is 0.238. The van der Waals surface area contributed by atoms with E-state index in [1.807, 2.05) is 18.2 Å². The van der Waals surface area contributed by atoms with Gasteiger partial charge in [0.05, 0.1) is 6.54 Å². The van der Waals surface area contributed by atoms with Crippen molar-refractivity contribution in [3.63, 3.8) is 0 Å². The number of amides is 1. The molecular formula is C21H23FN4O. The first-order valence-corrected chi connectivity index (χ1v) is 8.91. The van der Waals surface area contributed by atoms with Crippen molar-refractivity contribution in [1.29, 1.82) is 0 Å². The maximum Gasteiger partial charge on any atom is 0.243 e. The number of nitrogens with zero attached hydrogens (tertiary/aromatic N) is 2. The average Bonchev–Trinajstić information content (AvgIpc) is 2.71. The molecule has 0 spiro atoms. The van der Waals surface area contributed by atoms with Crippen LogP contribution in [0.4, 0.5) is 10.1 Å². The number of nitrogens with one attached hydrogen (secondary N) is 2. The second-order valence-electron chi connectivity index (χ2n) is 6.25. The Bertz CT molecular complexity index is 831. The van der Waals surface area contributed by atoms with Gasteiger partial charge < -0.3 is 15.5 Å². The molecule has 5 nitrogen and oxygen atoms in total. The first kappa shape index (κ1) is 18.6. The van der Waals surface area contributed by atoms with Gasteiger partial charge in [0, 0.05) is 25.8 Å². The molecule has 1 aliphatic rings. The molecule has 1 heterocycles. The van der Waals surface area contributed by atoms with Crippen molar-refractivity contribution >= 4 is 23.1 Å². The number of carbonyl (C=O) groups is 1. The van der Waals surface area contributed by atoms with Gasteiger partial charge in [0.1, 0.15) is 5.82 Å². The van der Waals surface area contributed by atoms with Gasteiger partial charge in [-0.05, 0) is 41.8 Å². The van der Waals surface area contributed by atoms with Crippen molar-refractivity contribution in [2.75, 3.05) is 32.0 Å². The van der Waals surface area contributed by atoms with E-state index in [1.165, 1.54) is 35.4 Å². The van der Waals surface area contributed by atoms with Crippen LogP contribution in [0.25, 0.3) is 5.57 Å². The maximum absolute atomic E-state index is 12.9. The number of carbonyl (C=O) groups excluding carboxylic acids is 1. The molecule has 2 N–H and O–H groups in total. The first-order valence-electron chi connectivity index (χ1n) is 8.91. The molecule has 2 aromatic carbocycles. The highest BCUT2D eigenvalue weighted by molar-refractivity contribution is 5.95. The van der Waals surface area contributed by atoms with E-state index in [1.54, 1.807) is 7.05 Å². The predicted molar refractivity (Wildman–Crippen MR) is 107 cm³/mol. The molecule has 0 atom stereocenters. The van der Waals surface area contributed by atoms with Crippen LogP contribution in [-0.2, 0) is 4.79 Å². The van der Waals surface area contributed by atoms with Gasteiger partial charge in [-0.25, -0.2) is 4.39 Å². The molecule has 1 amide bonds. The lowest BCUT2D eigenvalue weighted by Crippen LogP contribution is -2.45. The number of hydrogen-bond acceptors (Lipinski definition) is 2. The normalized spacial score (nSPS) is 14.5. The molecule has 0 saturated carbocycles. The van der Waals surface area contributed by atoms with Crippen LogP contribution >= 0.6 is 0 Å². The molecule has 0 unspecified atom stereocenters. The van der Waals surface area contributed by atoms with Crippen LogP contribution in [-0.4, -0.2) is 43.4 Å². The molecule has 0 fully saturated rings. The zero-order valence-corrected chi connectivity index (χ0v) is 15.3. The summed E-state index contributed by atoms with van der Waals surface area (Å²) in [5, 5.41) is 5.81. The summed E-state index contributed by atoms with van der Waals surface area (Å²) in [7, 11) is 1.70. The van der Waals surface area contributed by atoms with E-state index in [2.05, 4.69) is 38.7 Å². The number of halogens is 1. The Morgan fingerprint density at radius 2 is 1.89 bits per heavy atom. The Hall–Kier alpha value is -3.15. The van der Waals surface area contributed by atoms with Crippen LogP contribution in [0.5, 0.6) is 0 Å². The summed E-state index contributed by atoms with van der Waals surface area (Å²) in [6.07, 6.45) is 3.12. The summed E-state index contributed by atoms with van der Waals surface area (Å²) in [6, 6.07) is 16.0. The number of guanidine groups is 1. The monoisotopic (exact) mass is 366 g/mol. The van der Waals surface area contributed by atoms with Gasteiger partial charge in [0.15, 0.2) is 5.96 Å². The van der Waals surface area contributed by atoms with Gasteiger partial charge in [-0.15, -0.1) is 0 Å². The van der Waals surface area contributed by atoms with E-state index < -0.39 is 0 Å². The number of hydrogen-bond donors (Lipinski definition) is 2. The molecule has 0 aromatic heterocycles. The zero-order chi connectivity index (χ0) is 19.1. The topological polar surface area (TPSA) is 56.7 Å². The van der Waals surface area contributed by atoms with Crippen LogP contribution in [0.1, 0.15) is 12.0 Å². The van der Waals surface area contributed by atoms with Gasteiger partial charge in [0.2, 0.25) is 5.91 Å². The maximum atomic E-state index is 12.9. The van der Waals surface area contributed by atoms with Gasteiger partial charge in [-0.3, -0.25) is 9.79 Å². The smallest absolute Gasteiger partial charge is 0.243 e. The van der Waals surface area contributed by atoms with Crippen molar-refractivity contribution in [3.8, 4) is 0 Å². The number of aliphatic imine (C=N–C) groups is 1. The Balaban J connectivity index is 1.51. The SMILES string of the molecule is CN=C(NCC(=O)Nc1ccc(F)cc1)N1CC=C(c2ccccc2)CC1. The highest BCUT2D eigenvalue weighted by Crippen LogP contribution is 2.21. The van der Waals surface area contributed by atoms with Crippen molar-refractivity contribution < 1.29 is 9.18 Å². The van der Waals surface area contributed by atoms with Crippen LogP contribution in [0.15, 0.2) is 65.7 Å². The second kappa shape index (κ2) is 8.98. The molecule has 140 valence electrons. The fourth-order valence-corrected chi connectivity index (χ4v) is 3.01. The lowest BCUT2D eigenvalue weighted by Gasteiger charge is -2.29. The molecule has 0 bridgehead atoms. The molecule has 3 rings (SSSR count). The highest BCUT2D eigenvalue weighted by Gasteiger charge is 2.16. The molecule has 1 aliphatic heterocycles. The van der Waals surface area contributed by atoms with Crippen molar-refractivity contribution in [3.05, 3.63) is 72.1 Å². The van der Waals surface area contributed by atoms with Crippen molar-refractivity contribution in [1.82, 2.24) is 10.2 Å². The lowest BCUT2D eigenvalue weighted by atomic mass is 10.00. The van der Waals surface area contributed by atoms with Crippen LogP contribution in [0.3, 0.4) is 0 Å². The Morgan fingerprint density at radius 3 is 2.52 bits per heavy atom. The molecule has 2 aromatic rings. The summed E-state index contributed by atoms with van der Waals surface area (Å²) in [6.45, 7) is 1.67. The minimum atomic E-state index is -0.334. The standard InChI is InChI=1S/C21H23FN4O/c1-23-21(24-15-20(27)25-19-9-7-18(22)8-10-19)26-13-11-17(12-14-26)16-5-3-2-4-6-16/h2-11H,12-15H2,1H3,(H,23,24)(H,25,27). The first-order chi connectivity index (χ1) is 13.2. The minimum absolute atomic E-state index is 0.0931. The van der Waals surface area contributed by atoms with Crippen molar-refractivity contribution in [2.45, 2.75) is 6.42 Å². The highest BCUT2D eigenvalue weighted by atomic mass is 19.1. The van der Waals surface area contributed by atoms with Gasteiger partial charge in [-0.1, -0.05) is 36.4 Å². The predicted octanol–water partition coefficient (Wildman–Crippen LogP) is 3.13. The molecule has 0 saturated heterocycles. The van der Waals surface area contributed by atoms with E-state index in [0.717, 1.165) is 19.5 Å². The van der Waals surface area contributed by atoms with Crippen LogP contribution in [0, 0.1) is 5.82 Å². The Labute approximate surface area is 158 Å². The van der Waals surface area contributed by atoms with E-state index >= 15 is 0 Å². The average molecular weight is 366 g/mol. The Kier molecular flexibility index (Phi) is 6.20. The largest absolute Gasteiger partial charge is 0.347 e. The van der Waals surface area contributed by atoms with Gasteiger partial charge in [-0.2, -0.15) is 0 Å². The van der Waals surface area contributed by atoms with E-state index in [-0.39, 0.29) is 18.3 Å². The number of benzene rings is 2. The van der Waals surface area contributed by atoms with Crippen molar-refractivity contribution in [2.24, 2.45) is 4.99 Å². The lowest BCUT2D eigenvalue weighted by molar-refractivity contribution is -0.115. The summed E-state index contributed by atoms with van der Waals surface area (Å²) in [4.78, 5) is 18.5. The number of anilines is 1. The molecule has 0 aliphatic carbocycles. The third-order valence-corrected chi connectivity index (χ3v) is 4.40. The second-order valence-corrected chi connectivity index (χ2v) is 6.25. The van der Waals surface area contributed by atoms with E-state index in [4.69, 9.17) is 0 Å². The summed E-state index contributed by atoms with van der Waals surface area (Å²) < 4.78 is 12.9. The Morgan fingerprint density at radius 1 is 1.15 bits per heavy atom. The van der Waals surface area contributed by atoms with Crippen LogP contribution < -0.4 is 10.6 Å². The summed E-state index contributed by atoms with van der Waals surface area (Å²) in [5.74, 6) is 0.146.